The van der Waals surface area contributed by atoms with Gasteiger partial charge in [0.2, 0.25) is 0 Å². The number of alkyl carbamates (subject to hydrolysis) is 2. The number of nitrogens with one attached hydrogen (secondary N) is 3. The number of carbonyl (C=O) groups is 2. The second-order valence-electron chi connectivity index (χ2n) is 15.1. The van der Waals surface area contributed by atoms with Crippen LogP contribution in [0.1, 0.15) is 52.9 Å². The van der Waals surface area contributed by atoms with E-state index in [9.17, 15) is 9.59 Å². The van der Waals surface area contributed by atoms with E-state index in [1.165, 1.54) is 16.9 Å². The minimum Gasteiger partial charge on any atom is -0.492 e. The van der Waals surface area contributed by atoms with Crippen LogP contribution in [0.2, 0.25) is 5.15 Å². The number of nitrogens with zero attached hydrogens (tertiary/aromatic N) is 4. The van der Waals surface area contributed by atoms with Crippen LogP contribution in [-0.4, -0.2) is 69.6 Å². The Bertz CT molecular complexity index is 2260. The summed E-state index contributed by atoms with van der Waals surface area (Å²) in [5.74, 6) is 1.94. The predicted molar refractivity (Wildman–Crippen MR) is 245 cm³/mol. The number of hydrogen-bond acceptors (Lipinski definition) is 14. The van der Waals surface area contributed by atoms with Gasteiger partial charge in [-0.3, -0.25) is 0 Å². The molecule has 0 bridgehead atoms. The van der Waals surface area contributed by atoms with Gasteiger partial charge in [0.25, 0.3) is 0 Å². The zero-order chi connectivity index (χ0) is 44.4. The van der Waals surface area contributed by atoms with Crippen LogP contribution < -0.4 is 31.2 Å². The van der Waals surface area contributed by atoms with Gasteiger partial charge in [-0.15, -0.1) is 0 Å². The molecule has 14 nitrogen and oxygen atoms in total. The summed E-state index contributed by atoms with van der Waals surface area (Å²) in [6.07, 6.45) is 2.73. The smallest absolute Gasteiger partial charge is 0.407 e. The van der Waals surface area contributed by atoms with Crippen molar-refractivity contribution >= 4 is 62.5 Å². The number of ether oxygens (including phenoxy) is 4. The highest BCUT2D eigenvalue weighted by Crippen LogP contribution is 2.31. The average molecular weight is 890 g/mol. The van der Waals surface area contributed by atoms with Gasteiger partial charge in [-0.2, -0.15) is 0 Å². The molecule has 0 radical (unpaired) electrons. The first-order valence-electron chi connectivity index (χ1n) is 19.3. The van der Waals surface area contributed by atoms with Crippen molar-refractivity contribution < 1.29 is 28.5 Å². The second kappa shape index (κ2) is 23.1. The molecule has 0 aliphatic rings. The topological polar surface area (TPSA) is 185 Å². The highest BCUT2D eigenvalue weighted by Gasteiger charge is 2.16. The number of nitrogen functional groups attached to an aromatic ring is 1. The van der Waals surface area contributed by atoms with E-state index in [0.717, 1.165) is 31.8 Å². The molecule has 0 aliphatic heterocycles. The molecule has 0 unspecified atom stereocenters. The standard InChI is InChI=1S/C22H26N4O3S.C13H19ClN2O3.C9H8N2S/c1-15-12-17(28-11-10-23-21(27)29-22(2,3)4)13-19(25-15)26-20-24-14-18(30-20)16-8-6-5-7-9-16;1-9-7-10(8-11(14)16-9)18-6-5-15-12(17)19-13(2,3)4;10-9-11-6-8(12-9)7-4-2-1-3-5-7/h5-9,12-14H,10-11H2,1-4H3,(H,23,27)(H,24,25,26);7-8H,5-6H2,1-4H3,(H,15,17);1-6H,(H2,10,11). The summed E-state index contributed by atoms with van der Waals surface area (Å²) in [5, 5.41) is 10.3. The van der Waals surface area contributed by atoms with Gasteiger partial charge in [-0.25, -0.2) is 29.5 Å². The van der Waals surface area contributed by atoms with Crippen molar-refractivity contribution in [1.82, 2.24) is 30.6 Å². The molecule has 0 aliphatic carbocycles. The number of carbonyl (C=O) groups excluding carboxylic acids is 2. The summed E-state index contributed by atoms with van der Waals surface area (Å²) < 4.78 is 21.5. The molecule has 6 aromatic rings. The molecule has 2 amide bonds. The van der Waals surface area contributed by atoms with Crippen LogP contribution in [0.15, 0.2) is 97.3 Å². The molecular weight excluding hydrogens is 836 g/mol. The van der Waals surface area contributed by atoms with E-state index in [0.29, 0.717) is 53.9 Å². The number of hydrogen-bond donors (Lipinski definition) is 4. The number of halogens is 1. The molecule has 5 N–H and O–H groups in total. The molecule has 0 spiro atoms. The van der Waals surface area contributed by atoms with E-state index in [2.05, 4.69) is 48.0 Å². The molecule has 324 valence electrons. The van der Waals surface area contributed by atoms with Gasteiger partial charge in [0, 0.05) is 48.0 Å². The van der Waals surface area contributed by atoms with Crippen molar-refractivity contribution in [1.29, 1.82) is 0 Å². The highest BCUT2D eigenvalue weighted by atomic mass is 35.5. The lowest BCUT2D eigenvalue weighted by Crippen LogP contribution is -2.34. The molecule has 17 heteroatoms. The average Bonchev–Trinajstić information content (AvgIpc) is 3.84. The second-order valence-corrected chi connectivity index (χ2v) is 17.6. The molecule has 0 saturated heterocycles. The number of benzene rings is 2. The van der Waals surface area contributed by atoms with E-state index in [1.807, 2.05) is 122 Å². The summed E-state index contributed by atoms with van der Waals surface area (Å²) in [6, 6.07) is 27.3. The summed E-state index contributed by atoms with van der Waals surface area (Å²) in [5.41, 5.74) is 8.39. The van der Waals surface area contributed by atoms with Crippen LogP contribution >= 0.6 is 34.3 Å². The van der Waals surface area contributed by atoms with Crippen molar-refractivity contribution in [2.75, 3.05) is 37.4 Å². The maximum Gasteiger partial charge on any atom is 0.407 e. The fourth-order valence-corrected chi connectivity index (χ4v) is 6.70. The number of amides is 2. The molecule has 4 heterocycles. The van der Waals surface area contributed by atoms with Crippen LogP contribution in [-0.2, 0) is 9.47 Å². The molecule has 0 atom stereocenters. The first kappa shape index (κ1) is 47.7. The third kappa shape index (κ3) is 18.9. The number of thiazole rings is 2. The third-order valence-electron chi connectivity index (χ3n) is 7.28. The molecule has 61 heavy (non-hydrogen) atoms. The van der Waals surface area contributed by atoms with Gasteiger partial charge in [-0.1, -0.05) is 94.9 Å². The number of pyridine rings is 2. The SMILES string of the molecule is Cc1cc(OCCNC(=O)OC(C)(C)C)cc(Cl)n1.Cc1cc(OCCNC(=O)OC(C)(C)C)cc(Nc2ncc(-c3ccccc3)s2)n1.Nc1ncc(-c2ccccc2)s1. The van der Waals surface area contributed by atoms with E-state index in [-0.39, 0.29) is 0 Å². The lowest BCUT2D eigenvalue weighted by molar-refractivity contribution is 0.0509. The summed E-state index contributed by atoms with van der Waals surface area (Å²) >= 11 is 8.87. The van der Waals surface area contributed by atoms with Crippen molar-refractivity contribution in [2.45, 2.75) is 66.6 Å². The monoisotopic (exact) mass is 888 g/mol. The summed E-state index contributed by atoms with van der Waals surface area (Å²) in [4.78, 5) is 42.2. The number of nitrogens with two attached hydrogens (primary N) is 1. The van der Waals surface area contributed by atoms with E-state index in [1.54, 1.807) is 29.7 Å². The van der Waals surface area contributed by atoms with E-state index < -0.39 is 23.4 Å². The molecule has 2 aromatic carbocycles. The van der Waals surface area contributed by atoms with Crippen LogP contribution in [0.3, 0.4) is 0 Å². The predicted octanol–water partition coefficient (Wildman–Crippen LogP) is 10.5. The minimum atomic E-state index is -0.524. The van der Waals surface area contributed by atoms with Crippen molar-refractivity contribution in [3.63, 3.8) is 0 Å². The van der Waals surface area contributed by atoms with Crippen molar-refractivity contribution in [2.24, 2.45) is 0 Å². The molecule has 0 saturated carbocycles. The fourth-order valence-electron chi connectivity index (χ4n) is 4.94. The van der Waals surface area contributed by atoms with Crippen LogP contribution in [0.5, 0.6) is 11.5 Å². The normalized spacial score (nSPS) is 10.8. The molecule has 4 aromatic heterocycles. The van der Waals surface area contributed by atoms with E-state index >= 15 is 0 Å². The van der Waals surface area contributed by atoms with Crippen molar-refractivity contribution in [3.8, 4) is 32.4 Å². The zero-order valence-electron chi connectivity index (χ0n) is 35.6. The Labute approximate surface area is 370 Å². The first-order chi connectivity index (χ1) is 28.9. The number of aromatic nitrogens is 4. The lowest BCUT2D eigenvalue weighted by atomic mass is 10.2. The van der Waals surface area contributed by atoms with Gasteiger partial charge in [0.15, 0.2) is 10.3 Å². The Hall–Kier alpha value is -5.97. The zero-order valence-corrected chi connectivity index (χ0v) is 38.0. The third-order valence-corrected chi connectivity index (χ3v) is 9.31. The van der Waals surface area contributed by atoms with Crippen LogP contribution in [0, 0.1) is 13.8 Å². The summed E-state index contributed by atoms with van der Waals surface area (Å²) in [7, 11) is 0. The van der Waals surface area contributed by atoms with Crippen LogP contribution in [0.4, 0.5) is 25.7 Å². The van der Waals surface area contributed by atoms with Gasteiger partial charge >= 0.3 is 12.2 Å². The maximum absolute atomic E-state index is 11.7. The Morgan fingerprint density at radius 2 is 1.15 bits per heavy atom. The maximum atomic E-state index is 11.7. The Balaban J connectivity index is 0.000000224. The number of anilines is 3. The minimum absolute atomic E-state index is 0.317. The Morgan fingerprint density at radius 1 is 0.672 bits per heavy atom. The van der Waals surface area contributed by atoms with Gasteiger partial charge < -0.3 is 40.6 Å². The number of aryl methyl sites for hydroxylation is 2. The Morgan fingerprint density at radius 3 is 1.62 bits per heavy atom. The van der Waals surface area contributed by atoms with Crippen LogP contribution in [0.25, 0.3) is 20.9 Å². The molecule has 6 rings (SSSR count). The first-order valence-corrected chi connectivity index (χ1v) is 21.3. The highest BCUT2D eigenvalue weighted by molar-refractivity contribution is 7.19. The van der Waals surface area contributed by atoms with Gasteiger partial charge in [-0.05, 0) is 66.5 Å². The van der Waals surface area contributed by atoms with E-state index in [4.69, 9.17) is 36.3 Å². The van der Waals surface area contributed by atoms with Crippen molar-refractivity contribution in [3.05, 3.63) is 114 Å². The Kier molecular flexibility index (Phi) is 18.1. The van der Waals surface area contributed by atoms with Gasteiger partial charge in [0.05, 0.1) is 22.8 Å². The molecule has 0 fully saturated rings. The fraction of sp³-hybridized carbons (Fsp3) is 0.318. The quantitative estimate of drug-likeness (QED) is 0.0674. The van der Waals surface area contributed by atoms with Gasteiger partial charge in [0.1, 0.15) is 46.9 Å². The largest absolute Gasteiger partial charge is 0.492 e. The summed E-state index contributed by atoms with van der Waals surface area (Å²) in [6.45, 7) is 16.0. The lowest BCUT2D eigenvalue weighted by Gasteiger charge is -2.19. The molecular formula is C44H53ClN8O6S2. The number of rotatable bonds is 12.